The predicted molar refractivity (Wildman–Crippen MR) is 65.4 cm³/mol. The highest BCUT2D eigenvalue weighted by Crippen LogP contribution is 2.13. The molecular weight excluding hydrogens is 217 g/mol. The summed E-state index contributed by atoms with van der Waals surface area (Å²) in [6.07, 6.45) is -0.297. The van der Waals surface area contributed by atoms with Gasteiger partial charge in [0.2, 0.25) is 5.91 Å². The number of ether oxygens (including phenoxy) is 1. The number of aryl methyl sites for hydroxylation is 1. The Labute approximate surface area is 101 Å². The van der Waals surface area contributed by atoms with Crippen molar-refractivity contribution >= 4 is 19.8 Å². The molecule has 1 aliphatic heterocycles. The molecule has 1 saturated heterocycles. The quantitative estimate of drug-likeness (QED) is 0.695. The molecule has 17 heavy (non-hydrogen) atoms. The monoisotopic (exact) mass is 231 g/mol. The summed E-state index contributed by atoms with van der Waals surface area (Å²) in [5, 5.41) is 0. The highest BCUT2D eigenvalue weighted by atomic mass is 16.6. The molecule has 88 valence electrons. The maximum Gasteiger partial charge on any atom is 0.416 e. The van der Waals surface area contributed by atoms with Crippen LogP contribution in [0.4, 0.5) is 4.79 Å². The van der Waals surface area contributed by atoms with Crippen molar-refractivity contribution in [2.24, 2.45) is 0 Å². The lowest BCUT2D eigenvalue weighted by Crippen LogP contribution is -2.40. The van der Waals surface area contributed by atoms with Gasteiger partial charge in [-0.1, -0.05) is 29.8 Å². The summed E-state index contributed by atoms with van der Waals surface area (Å²) in [4.78, 5) is 24.5. The van der Waals surface area contributed by atoms with Gasteiger partial charge in [-0.05, 0) is 12.5 Å². The van der Waals surface area contributed by atoms with E-state index in [9.17, 15) is 9.59 Å². The number of benzene rings is 1. The summed E-state index contributed by atoms with van der Waals surface area (Å²) < 4.78 is 4.82. The Morgan fingerprint density at radius 3 is 2.65 bits per heavy atom. The summed E-state index contributed by atoms with van der Waals surface area (Å²) in [6, 6.07) is 7.71. The smallest absolute Gasteiger partial charge is 0.416 e. The molecule has 0 saturated carbocycles. The molecule has 0 radical (unpaired) electrons. The lowest BCUT2D eigenvalue weighted by Gasteiger charge is -2.15. The van der Waals surface area contributed by atoms with E-state index in [0.717, 1.165) is 11.1 Å². The van der Waals surface area contributed by atoms with Gasteiger partial charge in [0.1, 0.15) is 14.5 Å². The molecule has 1 fully saturated rings. The minimum atomic E-state index is -0.533. The number of hydrogen-bond donors (Lipinski definition) is 0. The van der Waals surface area contributed by atoms with Crippen molar-refractivity contribution in [2.45, 2.75) is 19.3 Å². The maximum absolute atomic E-state index is 11.9. The number of rotatable bonds is 2. The first-order valence-electron chi connectivity index (χ1n) is 5.62. The zero-order chi connectivity index (χ0) is 12.4. The molecule has 1 aromatic carbocycles. The van der Waals surface area contributed by atoms with Gasteiger partial charge in [0.05, 0.1) is 6.42 Å². The van der Waals surface area contributed by atoms with Crippen molar-refractivity contribution in [3.63, 3.8) is 0 Å². The van der Waals surface area contributed by atoms with Gasteiger partial charge in [0.15, 0.2) is 0 Å². The molecule has 0 aliphatic carbocycles. The summed E-state index contributed by atoms with van der Waals surface area (Å²) >= 11 is 0. The molecule has 2 rings (SSSR count). The molecule has 0 N–H and O–H groups in total. The molecule has 2 amide bonds. The number of carbonyl (C=O) groups is 2. The number of carbonyl (C=O) groups excluding carboxylic acids is 2. The predicted octanol–water partition coefficient (Wildman–Crippen LogP) is 0.476. The van der Waals surface area contributed by atoms with Gasteiger partial charge in [0, 0.05) is 5.94 Å². The van der Waals surface area contributed by atoms with Crippen LogP contribution < -0.4 is 0 Å². The number of imide groups is 1. The van der Waals surface area contributed by atoms with Crippen LogP contribution in [0.2, 0.25) is 0 Å². The van der Waals surface area contributed by atoms with E-state index in [1.54, 1.807) is 7.85 Å². The molecule has 0 aromatic heterocycles. The summed E-state index contributed by atoms with van der Waals surface area (Å²) in [5.74, 6) is -0.371. The lowest BCUT2D eigenvalue weighted by molar-refractivity contribution is -0.127. The molecule has 0 spiro atoms. The Kier molecular flexibility index (Phi) is 3.18. The number of cyclic esters (lactones) is 1. The highest BCUT2D eigenvalue weighted by Gasteiger charge is 2.34. The van der Waals surface area contributed by atoms with Crippen molar-refractivity contribution in [2.75, 3.05) is 6.61 Å². The second-order valence-corrected chi connectivity index (χ2v) is 4.35. The molecule has 0 bridgehead atoms. The van der Waals surface area contributed by atoms with Crippen LogP contribution in [0.25, 0.3) is 0 Å². The Hall–Kier alpha value is -1.78. The third-order valence-electron chi connectivity index (χ3n) is 2.83. The topological polar surface area (TPSA) is 46.6 Å². The van der Waals surface area contributed by atoms with Gasteiger partial charge in [-0.15, -0.1) is 0 Å². The van der Waals surface area contributed by atoms with Crippen molar-refractivity contribution < 1.29 is 14.3 Å². The largest absolute Gasteiger partial charge is 0.448 e. The third kappa shape index (κ3) is 2.49. The van der Waals surface area contributed by atoms with Gasteiger partial charge in [-0.2, -0.15) is 0 Å². The van der Waals surface area contributed by atoms with E-state index < -0.39 is 6.09 Å². The Bertz CT molecular complexity index is 444. The molecule has 1 unspecified atom stereocenters. The second-order valence-electron chi connectivity index (χ2n) is 4.35. The maximum atomic E-state index is 11.9. The molecular formula is C12H14BNO3. The van der Waals surface area contributed by atoms with E-state index in [1.807, 2.05) is 31.2 Å². The minimum Gasteiger partial charge on any atom is -0.448 e. The standard InChI is InChI=1S/C12H14BNO3/c1-8-2-4-9(5-3-8)6-11(15)14-10(13)7-17-12(14)16/h2-5,10H,6-7,13H2,1H3. The van der Waals surface area contributed by atoms with E-state index >= 15 is 0 Å². The van der Waals surface area contributed by atoms with E-state index in [0.29, 0.717) is 6.61 Å². The first-order chi connectivity index (χ1) is 8.08. The van der Waals surface area contributed by atoms with Gasteiger partial charge in [-0.25, -0.2) is 9.69 Å². The molecule has 1 aromatic rings. The van der Waals surface area contributed by atoms with Gasteiger partial charge >= 0.3 is 6.09 Å². The van der Waals surface area contributed by atoms with Crippen LogP contribution >= 0.6 is 0 Å². The van der Waals surface area contributed by atoms with Crippen LogP contribution in [0.15, 0.2) is 24.3 Å². The van der Waals surface area contributed by atoms with Crippen molar-refractivity contribution in [3.05, 3.63) is 35.4 Å². The van der Waals surface area contributed by atoms with E-state index in [4.69, 9.17) is 4.74 Å². The molecule has 1 aliphatic rings. The summed E-state index contributed by atoms with van der Waals surface area (Å²) in [6.45, 7) is 2.28. The zero-order valence-electron chi connectivity index (χ0n) is 9.97. The number of nitrogens with zero attached hydrogens (tertiary/aromatic N) is 1. The zero-order valence-corrected chi connectivity index (χ0v) is 9.97. The number of hydrogen-bond acceptors (Lipinski definition) is 3. The van der Waals surface area contributed by atoms with Crippen LogP contribution in [-0.2, 0) is 16.0 Å². The molecule has 5 heteroatoms. The van der Waals surface area contributed by atoms with Crippen LogP contribution in [0.3, 0.4) is 0 Å². The van der Waals surface area contributed by atoms with Gasteiger partial charge in [0.25, 0.3) is 0 Å². The summed E-state index contributed by atoms with van der Waals surface area (Å²) in [7, 11) is 1.80. The van der Waals surface area contributed by atoms with Crippen molar-refractivity contribution in [1.82, 2.24) is 4.90 Å². The second kappa shape index (κ2) is 4.61. The van der Waals surface area contributed by atoms with Crippen LogP contribution in [0, 0.1) is 6.92 Å². The molecule has 1 atom stereocenters. The fraction of sp³-hybridized carbons (Fsp3) is 0.333. The van der Waals surface area contributed by atoms with Crippen molar-refractivity contribution in [3.8, 4) is 0 Å². The fourth-order valence-corrected chi connectivity index (χ4v) is 1.83. The Morgan fingerprint density at radius 2 is 2.12 bits per heavy atom. The first-order valence-corrected chi connectivity index (χ1v) is 5.62. The van der Waals surface area contributed by atoms with Gasteiger partial charge < -0.3 is 4.74 Å². The third-order valence-corrected chi connectivity index (χ3v) is 2.83. The number of amides is 2. The summed E-state index contributed by atoms with van der Waals surface area (Å²) in [5.41, 5.74) is 2.06. The van der Waals surface area contributed by atoms with Crippen LogP contribution in [0.1, 0.15) is 11.1 Å². The van der Waals surface area contributed by atoms with Crippen LogP contribution in [-0.4, -0.2) is 37.3 Å². The van der Waals surface area contributed by atoms with E-state index in [2.05, 4.69) is 0 Å². The lowest BCUT2D eigenvalue weighted by atomic mass is 9.96. The SMILES string of the molecule is BC1COC(=O)N1C(=O)Cc1ccc(C)cc1. The minimum absolute atomic E-state index is 0.166. The highest BCUT2D eigenvalue weighted by molar-refractivity contribution is 6.16. The molecule has 1 heterocycles. The Balaban J connectivity index is 2.06. The molecule has 4 nitrogen and oxygen atoms in total. The fourth-order valence-electron chi connectivity index (χ4n) is 1.83. The normalized spacial score (nSPS) is 19.2. The average molecular weight is 231 g/mol. The average Bonchev–Trinajstić information content (AvgIpc) is 2.62. The van der Waals surface area contributed by atoms with Crippen molar-refractivity contribution in [1.29, 1.82) is 0 Å². The Morgan fingerprint density at radius 1 is 1.47 bits per heavy atom. The van der Waals surface area contributed by atoms with E-state index in [1.165, 1.54) is 4.90 Å². The van der Waals surface area contributed by atoms with E-state index in [-0.39, 0.29) is 18.3 Å². The van der Waals surface area contributed by atoms with Gasteiger partial charge in [-0.3, -0.25) is 4.79 Å². The van der Waals surface area contributed by atoms with Crippen LogP contribution in [0.5, 0.6) is 0 Å². The first kappa shape index (κ1) is 11.7.